The van der Waals surface area contributed by atoms with Crippen LogP contribution in [0.4, 0.5) is 0 Å². The van der Waals surface area contributed by atoms with Gasteiger partial charge in [0, 0.05) is 24.9 Å². The fraction of sp³-hybridized carbons (Fsp3) is 1.00. The van der Waals surface area contributed by atoms with Crippen LogP contribution in [0, 0.1) is 0 Å². The number of rotatable bonds is 2. The second-order valence-electron chi connectivity index (χ2n) is 6.13. The lowest BCUT2D eigenvalue weighted by molar-refractivity contribution is -0.179. The molecule has 0 bridgehead atoms. The minimum atomic E-state index is -0.203. The Morgan fingerprint density at radius 2 is 1.50 bits per heavy atom. The highest BCUT2D eigenvalue weighted by atomic mass is 16.7. The Labute approximate surface area is 110 Å². The molecule has 1 saturated carbocycles. The molecule has 4 heteroatoms. The summed E-state index contributed by atoms with van der Waals surface area (Å²) >= 11 is 0. The van der Waals surface area contributed by atoms with Crippen LogP contribution in [0.25, 0.3) is 0 Å². The quantitative estimate of drug-likeness (QED) is 0.806. The molecule has 2 aliphatic heterocycles. The molecule has 0 amide bonds. The molecule has 104 valence electrons. The highest BCUT2D eigenvalue weighted by molar-refractivity contribution is 4.88. The van der Waals surface area contributed by atoms with Gasteiger partial charge in [-0.25, -0.2) is 0 Å². The van der Waals surface area contributed by atoms with Crippen molar-refractivity contribution < 1.29 is 9.47 Å². The first-order valence-corrected chi connectivity index (χ1v) is 7.48. The molecule has 1 N–H and O–H groups in total. The standard InChI is InChI=1S/C14H26N2O2/c1-16-8-4-13(5-9-16)15-12-2-6-14(7-3-12)17-10-11-18-14/h12-13,15H,2-11H2,1H3. The molecule has 4 nitrogen and oxygen atoms in total. The summed E-state index contributed by atoms with van der Waals surface area (Å²) in [5.41, 5.74) is 0. The molecule has 0 radical (unpaired) electrons. The van der Waals surface area contributed by atoms with Crippen molar-refractivity contribution in [2.24, 2.45) is 0 Å². The molecular weight excluding hydrogens is 228 g/mol. The maximum atomic E-state index is 5.78. The fourth-order valence-electron chi connectivity index (χ4n) is 3.52. The zero-order valence-corrected chi connectivity index (χ0v) is 11.5. The van der Waals surface area contributed by atoms with Gasteiger partial charge in [0.15, 0.2) is 5.79 Å². The van der Waals surface area contributed by atoms with Gasteiger partial charge in [-0.05, 0) is 45.8 Å². The number of nitrogens with zero attached hydrogens (tertiary/aromatic N) is 1. The van der Waals surface area contributed by atoms with Crippen LogP contribution in [0.5, 0.6) is 0 Å². The number of hydrogen-bond donors (Lipinski definition) is 1. The summed E-state index contributed by atoms with van der Waals surface area (Å²) in [5, 5.41) is 3.85. The van der Waals surface area contributed by atoms with Gasteiger partial charge in [-0.15, -0.1) is 0 Å². The monoisotopic (exact) mass is 254 g/mol. The Morgan fingerprint density at radius 1 is 0.944 bits per heavy atom. The lowest BCUT2D eigenvalue weighted by atomic mass is 9.89. The average Bonchev–Trinajstić information content (AvgIpc) is 2.84. The van der Waals surface area contributed by atoms with Gasteiger partial charge >= 0.3 is 0 Å². The Morgan fingerprint density at radius 3 is 2.11 bits per heavy atom. The van der Waals surface area contributed by atoms with Crippen molar-refractivity contribution in [2.75, 3.05) is 33.4 Å². The number of hydrogen-bond acceptors (Lipinski definition) is 4. The third-order valence-corrected chi connectivity index (χ3v) is 4.75. The van der Waals surface area contributed by atoms with Crippen LogP contribution in [0.1, 0.15) is 38.5 Å². The van der Waals surface area contributed by atoms with E-state index in [1.165, 1.54) is 38.8 Å². The minimum Gasteiger partial charge on any atom is -0.348 e. The van der Waals surface area contributed by atoms with Gasteiger partial charge in [-0.3, -0.25) is 0 Å². The maximum Gasteiger partial charge on any atom is 0.168 e. The molecule has 1 aliphatic carbocycles. The van der Waals surface area contributed by atoms with E-state index in [9.17, 15) is 0 Å². The summed E-state index contributed by atoms with van der Waals surface area (Å²) in [6.45, 7) is 4.04. The highest BCUT2D eigenvalue weighted by Gasteiger charge is 2.40. The van der Waals surface area contributed by atoms with Crippen LogP contribution >= 0.6 is 0 Å². The van der Waals surface area contributed by atoms with Crippen molar-refractivity contribution in [1.82, 2.24) is 10.2 Å². The van der Waals surface area contributed by atoms with Crippen molar-refractivity contribution in [3.05, 3.63) is 0 Å². The van der Waals surface area contributed by atoms with Gasteiger partial charge in [-0.1, -0.05) is 0 Å². The summed E-state index contributed by atoms with van der Waals surface area (Å²) in [4.78, 5) is 2.42. The topological polar surface area (TPSA) is 33.7 Å². The molecule has 0 aromatic heterocycles. The summed E-state index contributed by atoms with van der Waals surface area (Å²) in [6, 6.07) is 1.41. The molecule has 3 rings (SSSR count). The molecule has 0 unspecified atom stereocenters. The van der Waals surface area contributed by atoms with Crippen molar-refractivity contribution in [1.29, 1.82) is 0 Å². The number of piperidine rings is 1. The second kappa shape index (κ2) is 5.45. The molecule has 1 spiro atoms. The van der Waals surface area contributed by atoms with E-state index in [1.54, 1.807) is 0 Å². The van der Waals surface area contributed by atoms with Crippen molar-refractivity contribution >= 4 is 0 Å². The van der Waals surface area contributed by atoms with E-state index in [1.807, 2.05) is 0 Å². The van der Waals surface area contributed by atoms with E-state index < -0.39 is 0 Å². The molecule has 0 aromatic rings. The van der Waals surface area contributed by atoms with E-state index in [-0.39, 0.29) is 5.79 Å². The van der Waals surface area contributed by atoms with Crippen LogP contribution in [-0.2, 0) is 9.47 Å². The number of nitrogens with one attached hydrogen (secondary N) is 1. The first-order valence-electron chi connectivity index (χ1n) is 7.48. The predicted molar refractivity (Wildman–Crippen MR) is 70.5 cm³/mol. The highest BCUT2D eigenvalue weighted by Crippen LogP contribution is 2.36. The normalized spacial score (nSPS) is 31.2. The van der Waals surface area contributed by atoms with Gasteiger partial charge < -0.3 is 19.7 Å². The Kier molecular flexibility index (Phi) is 3.89. The Hall–Kier alpha value is -0.160. The minimum absolute atomic E-state index is 0.203. The lowest BCUT2D eigenvalue weighted by Crippen LogP contribution is -2.48. The second-order valence-corrected chi connectivity index (χ2v) is 6.13. The Bertz CT molecular complexity index is 261. The van der Waals surface area contributed by atoms with Crippen LogP contribution < -0.4 is 5.32 Å². The van der Waals surface area contributed by atoms with Crippen LogP contribution in [0.2, 0.25) is 0 Å². The van der Waals surface area contributed by atoms with Crippen molar-refractivity contribution in [3.63, 3.8) is 0 Å². The zero-order chi connectivity index (χ0) is 12.4. The predicted octanol–water partition coefficient (Wildman–Crippen LogP) is 1.36. The third kappa shape index (κ3) is 2.87. The molecule has 2 saturated heterocycles. The molecule has 2 heterocycles. The van der Waals surface area contributed by atoms with Crippen molar-refractivity contribution in [2.45, 2.75) is 56.4 Å². The van der Waals surface area contributed by atoms with E-state index in [0.29, 0.717) is 6.04 Å². The van der Waals surface area contributed by atoms with E-state index in [2.05, 4.69) is 17.3 Å². The molecule has 0 atom stereocenters. The van der Waals surface area contributed by atoms with Gasteiger partial charge in [0.2, 0.25) is 0 Å². The first-order chi connectivity index (χ1) is 8.76. The van der Waals surface area contributed by atoms with Gasteiger partial charge in [0.1, 0.15) is 0 Å². The third-order valence-electron chi connectivity index (χ3n) is 4.75. The van der Waals surface area contributed by atoms with Crippen LogP contribution in [0.15, 0.2) is 0 Å². The summed E-state index contributed by atoms with van der Waals surface area (Å²) < 4.78 is 11.6. The summed E-state index contributed by atoms with van der Waals surface area (Å²) in [7, 11) is 2.22. The lowest BCUT2D eigenvalue weighted by Gasteiger charge is -2.38. The molecular formula is C14H26N2O2. The summed E-state index contributed by atoms with van der Waals surface area (Å²) in [6.07, 6.45) is 7.13. The van der Waals surface area contributed by atoms with E-state index in [0.717, 1.165) is 32.1 Å². The largest absolute Gasteiger partial charge is 0.348 e. The molecule has 0 aromatic carbocycles. The van der Waals surface area contributed by atoms with Gasteiger partial charge in [-0.2, -0.15) is 0 Å². The molecule has 18 heavy (non-hydrogen) atoms. The number of likely N-dealkylation sites (tertiary alicyclic amines) is 1. The summed E-state index contributed by atoms with van der Waals surface area (Å²) in [5.74, 6) is -0.203. The van der Waals surface area contributed by atoms with E-state index >= 15 is 0 Å². The maximum absolute atomic E-state index is 5.78. The SMILES string of the molecule is CN1CCC(NC2CCC3(CC2)OCCO3)CC1. The fourth-order valence-corrected chi connectivity index (χ4v) is 3.52. The Balaban J connectivity index is 1.42. The van der Waals surface area contributed by atoms with Crippen molar-refractivity contribution in [3.8, 4) is 0 Å². The van der Waals surface area contributed by atoms with E-state index in [4.69, 9.17) is 9.47 Å². The van der Waals surface area contributed by atoms with Crippen LogP contribution in [0.3, 0.4) is 0 Å². The molecule has 3 fully saturated rings. The van der Waals surface area contributed by atoms with Crippen LogP contribution in [-0.4, -0.2) is 56.1 Å². The van der Waals surface area contributed by atoms with Gasteiger partial charge in [0.05, 0.1) is 13.2 Å². The number of ether oxygens (including phenoxy) is 2. The molecule has 3 aliphatic rings. The first kappa shape index (κ1) is 12.9. The average molecular weight is 254 g/mol. The zero-order valence-electron chi connectivity index (χ0n) is 11.5. The smallest absolute Gasteiger partial charge is 0.168 e. The van der Waals surface area contributed by atoms with Gasteiger partial charge in [0.25, 0.3) is 0 Å².